The fraction of sp³-hybridized carbons (Fsp3) is 0.324. The molecule has 3 N–H and O–H groups in total. The Kier molecular flexibility index (Phi) is 8.45. The number of amides is 3. The summed E-state index contributed by atoms with van der Waals surface area (Å²) in [6.07, 6.45) is 2.87. The maximum absolute atomic E-state index is 13.1. The largest absolute Gasteiger partial charge is 0.495 e. The van der Waals surface area contributed by atoms with Crippen molar-refractivity contribution in [1.29, 1.82) is 0 Å². The molecule has 1 unspecified atom stereocenters. The molecule has 0 bridgehead atoms. The predicted molar refractivity (Wildman–Crippen MR) is 169 cm³/mol. The van der Waals surface area contributed by atoms with Gasteiger partial charge in [0.2, 0.25) is 5.91 Å². The summed E-state index contributed by atoms with van der Waals surface area (Å²) in [4.78, 5) is 31.6. The molecule has 1 atom stereocenters. The number of aromatic nitrogens is 1. The van der Waals surface area contributed by atoms with Crippen molar-refractivity contribution in [3.8, 4) is 16.9 Å². The molecule has 0 radical (unpaired) electrons. The van der Waals surface area contributed by atoms with Crippen molar-refractivity contribution in [2.45, 2.75) is 52.1 Å². The molecular weight excluding hydrogens is 526 g/mol. The Morgan fingerprint density at radius 1 is 0.976 bits per heavy atom. The van der Waals surface area contributed by atoms with Crippen LogP contribution in [-0.2, 0) is 16.8 Å². The zero-order chi connectivity index (χ0) is 29.9. The number of hydrogen-bond donors (Lipinski definition) is 3. The fourth-order valence-electron chi connectivity index (χ4n) is 5.50. The van der Waals surface area contributed by atoms with Crippen molar-refractivity contribution in [2.24, 2.45) is 0 Å². The van der Waals surface area contributed by atoms with E-state index >= 15 is 0 Å². The number of hydrogen-bond acceptors (Lipinski definition) is 5. The van der Waals surface area contributed by atoms with Crippen LogP contribution in [0.2, 0.25) is 0 Å². The number of nitrogens with one attached hydrogen (secondary N) is 3. The van der Waals surface area contributed by atoms with Gasteiger partial charge in [-0.2, -0.15) is 0 Å². The standard InChI is InChI=1S/C34H39N5O3/c1-22(40)36-26-16-17-39(21-26)20-25-12-10-23(19-35-25)27-13-14-30(29-9-7-6-8-28(27)29)37-33(41)38-31-18-24(34(2,3)4)11-15-32(31)42-5/h6-15,18-19,26H,16-17,20-21H2,1-5H3,(H,36,40)(H2,37,38,41). The molecule has 0 saturated carbocycles. The molecule has 3 aromatic carbocycles. The van der Waals surface area contributed by atoms with Crippen LogP contribution in [0.1, 0.15) is 45.4 Å². The van der Waals surface area contributed by atoms with E-state index < -0.39 is 0 Å². The van der Waals surface area contributed by atoms with Crippen LogP contribution in [0.25, 0.3) is 21.9 Å². The van der Waals surface area contributed by atoms with E-state index in [1.807, 2.05) is 54.7 Å². The Hall–Kier alpha value is -4.43. The van der Waals surface area contributed by atoms with Gasteiger partial charge in [0.1, 0.15) is 5.75 Å². The topological polar surface area (TPSA) is 95.6 Å². The quantitative estimate of drug-likeness (QED) is 0.236. The van der Waals surface area contributed by atoms with Gasteiger partial charge >= 0.3 is 6.03 Å². The van der Waals surface area contributed by atoms with Gasteiger partial charge in [-0.15, -0.1) is 0 Å². The Morgan fingerprint density at radius 2 is 1.74 bits per heavy atom. The molecule has 1 aromatic heterocycles. The summed E-state index contributed by atoms with van der Waals surface area (Å²) in [5.41, 5.74) is 5.41. The van der Waals surface area contributed by atoms with Gasteiger partial charge in [-0.05, 0) is 52.6 Å². The maximum Gasteiger partial charge on any atom is 0.323 e. The highest BCUT2D eigenvalue weighted by molar-refractivity contribution is 6.10. The molecule has 4 aromatic rings. The third-order valence-corrected chi connectivity index (χ3v) is 7.69. The lowest BCUT2D eigenvalue weighted by Gasteiger charge is -2.21. The van der Waals surface area contributed by atoms with E-state index in [9.17, 15) is 9.59 Å². The lowest BCUT2D eigenvalue weighted by atomic mass is 9.87. The first-order valence-electron chi connectivity index (χ1n) is 14.3. The Bertz CT molecular complexity index is 1590. The van der Waals surface area contributed by atoms with E-state index in [4.69, 9.17) is 9.72 Å². The van der Waals surface area contributed by atoms with Crippen LogP contribution < -0.4 is 20.7 Å². The molecule has 42 heavy (non-hydrogen) atoms. The monoisotopic (exact) mass is 565 g/mol. The SMILES string of the molecule is COc1ccc(C(C)(C)C)cc1NC(=O)Nc1ccc(-c2ccc(CN3CCC(NC(C)=O)C3)nc2)c2ccccc12. The molecule has 0 spiro atoms. The molecular formula is C34H39N5O3. The highest BCUT2D eigenvalue weighted by atomic mass is 16.5. The number of benzene rings is 3. The molecule has 0 aliphatic carbocycles. The molecule has 3 amide bonds. The summed E-state index contributed by atoms with van der Waals surface area (Å²) < 4.78 is 5.50. The zero-order valence-electron chi connectivity index (χ0n) is 25.0. The molecule has 1 aliphatic heterocycles. The number of ether oxygens (including phenoxy) is 1. The number of fused-ring (bicyclic) bond motifs is 1. The lowest BCUT2D eigenvalue weighted by molar-refractivity contribution is -0.119. The summed E-state index contributed by atoms with van der Waals surface area (Å²) in [5, 5.41) is 11.0. The van der Waals surface area contributed by atoms with Crippen molar-refractivity contribution in [3.63, 3.8) is 0 Å². The van der Waals surface area contributed by atoms with E-state index in [0.717, 1.165) is 59.2 Å². The van der Waals surface area contributed by atoms with E-state index in [0.29, 0.717) is 17.1 Å². The summed E-state index contributed by atoms with van der Waals surface area (Å²) in [6.45, 7) is 10.5. The molecule has 5 rings (SSSR count). The van der Waals surface area contributed by atoms with Crippen LogP contribution in [0.3, 0.4) is 0 Å². The minimum Gasteiger partial charge on any atom is -0.495 e. The van der Waals surface area contributed by atoms with Gasteiger partial charge in [0.15, 0.2) is 0 Å². The molecule has 218 valence electrons. The molecule has 2 heterocycles. The van der Waals surface area contributed by atoms with Crippen LogP contribution in [0, 0.1) is 0 Å². The van der Waals surface area contributed by atoms with E-state index in [1.165, 1.54) is 0 Å². The molecule has 1 fully saturated rings. The first-order valence-corrected chi connectivity index (χ1v) is 14.3. The normalized spacial score (nSPS) is 15.4. The third kappa shape index (κ3) is 6.71. The van der Waals surface area contributed by atoms with Gasteiger partial charge in [0.05, 0.1) is 24.2 Å². The number of rotatable bonds is 7. The number of nitrogens with zero attached hydrogens (tertiary/aromatic N) is 2. The number of urea groups is 1. The van der Waals surface area contributed by atoms with Gasteiger partial charge < -0.3 is 20.7 Å². The third-order valence-electron chi connectivity index (χ3n) is 7.69. The van der Waals surface area contributed by atoms with Gasteiger partial charge in [0, 0.05) is 49.7 Å². The highest BCUT2D eigenvalue weighted by Gasteiger charge is 2.23. The van der Waals surface area contributed by atoms with E-state index in [2.05, 4.69) is 59.8 Å². The smallest absolute Gasteiger partial charge is 0.323 e. The van der Waals surface area contributed by atoms with E-state index in [1.54, 1.807) is 14.0 Å². The number of likely N-dealkylation sites (tertiary alicyclic amines) is 1. The van der Waals surface area contributed by atoms with Gasteiger partial charge in [-0.25, -0.2) is 4.79 Å². The molecule has 1 saturated heterocycles. The Balaban J connectivity index is 1.32. The number of methoxy groups -OCH3 is 1. The minimum atomic E-state index is -0.342. The van der Waals surface area contributed by atoms with Crippen LogP contribution in [0.5, 0.6) is 5.75 Å². The Morgan fingerprint density at radius 3 is 2.43 bits per heavy atom. The second-order valence-electron chi connectivity index (χ2n) is 11.9. The van der Waals surface area contributed by atoms with Gasteiger partial charge in [0.25, 0.3) is 0 Å². The zero-order valence-corrected chi connectivity index (χ0v) is 25.0. The number of pyridine rings is 1. The average molecular weight is 566 g/mol. The number of anilines is 2. The Labute approximate surface area is 247 Å². The first kappa shape index (κ1) is 29.1. The molecule has 8 heteroatoms. The van der Waals surface area contributed by atoms with Gasteiger partial charge in [-0.1, -0.05) is 63.2 Å². The van der Waals surface area contributed by atoms with E-state index in [-0.39, 0.29) is 23.4 Å². The van der Waals surface area contributed by atoms with Crippen molar-refractivity contribution >= 4 is 34.1 Å². The minimum absolute atomic E-state index is 0.0181. The first-order chi connectivity index (χ1) is 20.1. The predicted octanol–water partition coefficient (Wildman–Crippen LogP) is 6.56. The molecule has 8 nitrogen and oxygen atoms in total. The van der Waals surface area contributed by atoms with Crippen molar-refractivity contribution in [1.82, 2.24) is 15.2 Å². The summed E-state index contributed by atoms with van der Waals surface area (Å²) in [5.74, 6) is 0.621. The lowest BCUT2D eigenvalue weighted by Crippen LogP contribution is -2.35. The van der Waals surface area contributed by atoms with Crippen LogP contribution in [0.15, 0.2) is 72.9 Å². The fourth-order valence-corrected chi connectivity index (χ4v) is 5.50. The number of carbonyl (C=O) groups is 2. The second-order valence-corrected chi connectivity index (χ2v) is 11.9. The van der Waals surface area contributed by atoms with Crippen molar-refractivity contribution < 1.29 is 14.3 Å². The van der Waals surface area contributed by atoms with Crippen LogP contribution in [0.4, 0.5) is 16.2 Å². The average Bonchev–Trinajstić information content (AvgIpc) is 3.39. The van der Waals surface area contributed by atoms with Crippen LogP contribution >= 0.6 is 0 Å². The molecule has 1 aliphatic rings. The number of carbonyl (C=O) groups excluding carboxylic acids is 2. The van der Waals surface area contributed by atoms with Gasteiger partial charge in [-0.3, -0.25) is 14.7 Å². The second kappa shape index (κ2) is 12.2. The summed E-state index contributed by atoms with van der Waals surface area (Å²) >= 11 is 0. The maximum atomic E-state index is 13.1. The summed E-state index contributed by atoms with van der Waals surface area (Å²) in [7, 11) is 1.60. The summed E-state index contributed by atoms with van der Waals surface area (Å²) in [6, 6.07) is 21.9. The van der Waals surface area contributed by atoms with Crippen molar-refractivity contribution in [2.75, 3.05) is 30.8 Å². The van der Waals surface area contributed by atoms with Crippen LogP contribution in [-0.4, -0.2) is 48.1 Å². The van der Waals surface area contributed by atoms with Crippen molar-refractivity contribution in [3.05, 3.63) is 84.2 Å². The highest BCUT2D eigenvalue weighted by Crippen LogP contribution is 2.34.